The Hall–Kier alpha value is -1.20. The van der Waals surface area contributed by atoms with E-state index in [0.717, 1.165) is 32.1 Å². The van der Waals surface area contributed by atoms with Crippen LogP contribution in [-0.4, -0.2) is 14.4 Å². The number of rotatable bonds is 1. The number of aryl methyl sites for hydroxylation is 3. The smallest absolute Gasteiger partial charge is 0.140 e. The number of pyridine rings is 1. The fourth-order valence-corrected chi connectivity index (χ4v) is 3.50. The lowest BCUT2D eigenvalue weighted by Gasteiger charge is -1.97. The number of fused-ring (bicyclic) bond motifs is 1. The second-order valence-corrected chi connectivity index (χ2v) is 6.66. The van der Waals surface area contributed by atoms with E-state index in [1.807, 2.05) is 23.7 Å². The lowest BCUT2D eigenvalue weighted by atomic mass is 10.3. The highest BCUT2D eigenvalue weighted by molar-refractivity contribution is 9.10. The molecule has 0 atom stereocenters. The minimum absolute atomic E-state index is 0.943. The molecule has 3 nitrogen and oxygen atoms in total. The molecule has 0 saturated carbocycles. The van der Waals surface area contributed by atoms with Crippen molar-refractivity contribution < 1.29 is 0 Å². The Morgan fingerprint density at radius 2 is 1.94 bits per heavy atom. The fraction of sp³-hybridized carbons (Fsp3) is 0.231. The van der Waals surface area contributed by atoms with Crippen LogP contribution in [-0.2, 0) is 0 Å². The molecule has 0 radical (unpaired) electrons. The molecule has 3 heterocycles. The van der Waals surface area contributed by atoms with E-state index in [9.17, 15) is 0 Å². The van der Waals surface area contributed by atoms with E-state index in [1.54, 1.807) is 11.3 Å². The topological polar surface area (TPSA) is 30.2 Å². The van der Waals surface area contributed by atoms with Crippen LogP contribution in [0.1, 0.15) is 15.4 Å². The molecule has 3 aromatic heterocycles. The average molecular weight is 322 g/mol. The fourth-order valence-electron chi connectivity index (χ4n) is 2.11. The van der Waals surface area contributed by atoms with E-state index in [-0.39, 0.29) is 0 Å². The lowest BCUT2D eigenvalue weighted by Crippen LogP contribution is -1.86. The average Bonchev–Trinajstić information content (AvgIpc) is 2.81. The summed E-state index contributed by atoms with van der Waals surface area (Å²) in [5.41, 5.74) is 4.08. The molecule has 0 amide bonds. The van der Waals surface area contributed by atoms with E-state index >= 15 is 0 Å². The van der Waals surface area contributed by atoms with Gasteiger partial charge in [0.1, 0.15) is 17.0 Å². The Labute approximate surface area is 118 Å². The molecule has 0 aliphatic carbocycles. The van der Waals surface area contributed by atoms with Gasteiger partial charge in [0, 0.05) is 21.7 Å². The summed E-state index contributed by atoms with van der Waals surface area (Å²) in [6, 6.07) is 2.07. The zero-order valence-corrected chi connectivity index (χ0v) is 12.8. The highest BCUT2D eigenvalue weighted by Gasteiger charge is 2.12. The summed E-state index contributed by atoms with van der Waals surface area (Å²) in [5.74, 6) is 0. The summed E-state index contributed by atoms with van der Waals surface area (Å²) in [4.78, 5) is 10.5. The molecular formula is C13H12BrN3S. The maximum Gasteiger partial charge on any atom is 0.140 e. The molecule has 0 N–H and O–H groups in total. The minimum atomic E-state index is 0.943. The third-order valence-corrected chi connectivity index (χ3v) is 4.17. The maximum atomic E-state index is 4.68. The Morgan fingerprint density at radius 1 is 1.17 bits per heavy atom. The van der Waals surface area contributed by atoms with E-state index < -0.39 is 0 Å². The van der Waals surface area contributed by atoms with Gasteiger partial charge in [-0.1, -0.05) is 0 Å². The van der Waals surface area contributed by atoms with Crippen LogP contribution in [0.5, 0.6) is 0 Å². The Balaban J connectivity index is 2.25. The largest absolute Gasteiger partial charge is 0.305 e. The van der Waals surface area contributed by atoms with Crippen LogP contribution in [0.2, 0.25) is 0 Å². The SMILES string of the molecule is Cc1nc(-c2cn3cc(Br)cc(C)c3n2)c(C)s1. The van der Waals surface area contributed by atoms with Crippen molar-refractivity contribution >= 4 is 32.9 Å². The first-order valence-corrected chi connectivity index (χ1v) is 7.25. The summed E-state index contributed by atoms with van der Waals surface area (Å²) in [6.07, 6.45) is 4.06. The first-order chi connectivity index (χ1) is 8.54. The van der Waals surface area contributed by atoms with Crippen LogP contribution in [0.25, 0.3) is 17.0 Å². The zero-order valence-electron chi connectivity index (χ0n) is 10.4. The van der Waals surface area contributed by atoms with Gasteiger partial charge in [-0.2, -0.15) is 0 Å². The van der Waals surface area contributed by atoms with Crippen LogP contribution in [0, 0.1) is 20.8 Å². The molecule has 3 aromatic rings. The van der Waals surface area contributed by atoms with Crippen molar-refractivity contribution in [2.24, 2.45) is 0 Å². The second kappa shape index (κ2) is 4.17. The van der Waals surface area contributed by atoms with Crippen LogP contribution < -0.4 is 0 Å². The van der Waals surface area contributed by atoms with E-state index in [1.165, 1.54) is 4.88 Å². The highest BCUT2D eigenvalue weighted by Crippen LogP contribution is 2.28. The number of hydrogen-bond donors (Lipinski definition) is 0. The van der Waals surface area contributed by atoms with E-state index in [0.29, 0.717) is 0 Å². The molecule has 3 rings (SSSR count). The molecule has 0 aliphatic rings. The minimum Gasteiger partial charge on any atom is -0.305 e. The Bertz CT molecular complexity index is 742. The third kappa shape index (κ3) is 1.87. The third-order valence-electron chi connectivity index (χ3n) is 2.85. The normalized spacial score (nSPS) is 11.3. The van der Waals surface area contributed by atoms with Gasteiger partial charge in [-0.25, -0.2) is 9.97 Å². The molecule has 0 bridgehead atoms. The Kier molecular flexibility index (Phi) is 2.75. The maximum absolute atomic E-state index is 4.68. The van der Waals surface area contributed by atoms with Crippen LogP contribution in [0.15, 0.2) is 22.9 Å². The van der Waals surface area contributed by atoms with Gasteiger partial charge >= 0.3 is 0 Å². The van der Waals surface area contributed by atoms with Crippen molar-refractivity contribution in [1.82, 2.24) is 14.4 Å². The van der Waals surface area contributed by atoms with Crippen molar-refractivity contribution in [2.75, 3.05) is 0 Å². The van der Waals surface area contributed by atoms with Crippen molar-refractivity contribution in [2.45, 2.75) is 20.8 Å². The van der Waals surface area contributed by atoms with Gasteiger partial charge in [-0.05, 0) is 48.3 Å². The summed E-state index contributed by atoms with van der Waals surface area (Å²) >= 11 is 5.22. The molecule has 0 aliphatic heterocycles. The quantitative estimate of drug-likeness (QED) is 0.674. The molecule has 0 fully saturated rings. The molecule has 92 valence electrons. The number of hydrogen-bond acceptors (Lipinski definition) is 3. The van der Waals surface area contributed by atoms with E-state index in [4.69, 9.17) is 0 Å². The van der Waals surface area contributed by atoms with Gasteiger partial charge < -0.3 is 4.40 Å². The molecule has 5 heteroatoms. The van der Waals surface area contributed by atoms with Gasteiger partial charge in [0.15, 0.2) is 0 Å². The summed E-state index contributed by atoms with van der Waals surface area (Å²) in [6.45, 7) is 6.18. The zero-order chi connectivity index (χ0) is 12.9. The molecule has 0 spiro atoms. The van der Waals surface area contributed by atoms with Gasteiger partial charge in [0.2, 0.25) is 0 Å². The van der Waals surface area contributed by atoms with Crippen molar-refractivity contribution in [3.05, 3.63) is 38.4 Å². The standard InChI is InChI=1S/C13H12BrN3S/c1-7-4-10(14)5-17-6-11(16-13(7)17)12-8(2)18-9(3)15-12/h4-6H,1-3H3. The predicted molar refractivity (Wildman–Crippen MR) is 78.2 cm³/mol. The van der Waals surface area contributed by atoms with Gasteiger partial charge in [0.25, 0.3) is 0 Å². The molecule has 0 saturated heterocycles. The number of imidazole rings is 1. The molecule has 18 heavy (non-hydrogen) atoms. The number of thiazole rings is 1. The summed E-state index contributed by atoms with van der Waals surface area (Å²) in [7, 11) is 0. The summed E-state index contributed by atoms with van der Waals surface area (Å²) < 4.78 is 3.10. The first kappa shape index (κ1) is 11.9. The van der Waals surface area contributed by atoms with Crippen LogP contribution >= 0.6 is 27.3 Å². The monoisotopic (exact) mass is 321 g/mol. The highest BCUT2D eigenvalue weighted by atomic mass is 79.9. The van der Waals surface area contributed by atoms with Crippen molar-refractivity contribution in [3.63, 3.8) is 0 Å². The predicted octanol–water partition coefficient (Wildman–Crippen LogP) is 4.15. The Morgan fingerprint density at radius 3 is 2.61 bits per heavy atom. The summed E-state index contributed by atoms with van der Waals surface area (Å²) in [5, 5.41) is 1.08. The van der Waals surface area contributed by atoms with Gasteiger partial charge in [-0.15, -0.1) is 11.3 Å². The van der Waals surface area contributed by atoms with Crippen LogP contribution in [0.4, 0.5) is 0 Å². The van der Waals surface area contributed by atoms with Gasteiger partial charge in [0.05, 0.1) is 5.01 Å². The van der Waals surface area contributed by atoms with Crippen molar-refractivity contribution in [1.29, 1.82) is 0 Å². The first-order valence-electron chi connectivity index (χ1n) is 5.64. The number of aromatic nitrogens is 3. The second-order valence-electron chi connectivity index (χ2n) is 4.34. The number of halogens is 1. The van der Waals surface area contributed by atoms with Crippen molar-refractivity contribution in [3.8, 4) is 11.4 Å². The van der Waals surface area contributed by atoms with E-state index in [2.05, 4.69) is 45.8 Å². The molecule has 0 aromatic carbocycles. The van der Waals surface area contributed by atoms with Gasteiger partial charge in [-0.3, -0.25) is 0 Å². The molecule has 0 unspecified atom stereocenters. The molecular weight excluding hydrogens is 310 g/mol. The number of nitrogens with zero attached hydrogens (tertiary/aromatic N) is 3. The van der Waals surface area contributed by atoms with Crippen LogP contribution in [0.3, 0.4) is 0 Å². The lowest BCUT2D eigenvalue weighted by molar-refractivity contribution is 1.15.